The van der Waals surface area contributed by atoms with Gasteiger partial charge < -0.3 is 9.80 Å². The second kappa shape index (κ2) is 10.4. The Morgan fingerprint density at radius 2 is 1.84 bits per heavy atom. The highest BCUT2D eigenvalue weighted by Crippen LogP contribution is 2.37. The molecule has 7 nitrogen and oxygen atoms in total. The van der Waals surface area contributed by atoms with Gasteiger partial charge in [0.05, 0.1) is 0 Å². The highest BCUT2D eigenvalue weighted by Gasteiger charge is 2.38. The summed E-state index contributed by atoms with van der Waals surface area (Å²) in [6, 6.07) is 19.6. The largest absolute Gasteiger partial charge is 0.356 e. The lowest BCUT2D eigenvalue weighted by Gasteiger charge is -2.34. The van der Waals surface area contributed by atoms with Gasteiger partial charge in [-0.15, -0.1) is 0 Å². The normalized spacial score (nSPS) is 21.5. The molecule has 3 aromatic rings. The molecule has 8 heteroatoms. The van der Waals surface area contributed by atoms with E-state index in [4.69, 9.17) is 0 Å². The molecule has 2 aliphatic rings. The minimum atomic E-state index is -3.79. The van der Waals surface area contributed by atoms with E-state index in [2.05, 4.69) is 69.5 Å². The van der Waals surface area contributed by atoms with Gasteiger partial charge in [0, 0.05) is 43.5 Å². The number of hydrogen-bond donors (Lipinski definition) is 1. The Labute approximate surface area is 221 Å². The molecule has 0 radical (unpaired) electrons. The van der Waals surface area contributed by atoms with E-state index in [-0.39, 0.29) is 17.1 Å². The maximum absolute atomic E-state index is 13.3. The Balaban J connectivity index is 1.27. The third-order valence-electron chi connectivity index (χ3n) is 7.61. The molecule has 0 spiro atoms. The summed E-state index contributed by atoms with van der Waals surface area (Å²) in [5.74, 6) is 2.66. The van der Waals surface area contributed by atoms with Crippen LogP contribution < -0.4 is 14.5 Å². The lowest BCUT2D eigenvalue weighted by Crippen LogP contribution is -2.39. The van der Waals surface area contributed by atoms with Crippen molar-refractivity contribution in [3.63, 3.8) is 0 Å². The number of rotatable bonds is 8. The Kier molecular flexibility index (Phi) is 7.23. The van der Waals surface area contributed by atoms with Crippen molar-refractivity contribution in [2.24, 2.45) is 11.8 Å². The summed E-state index contributed by atoms with van der Waals surface area (Å²) in [7, 11) is -3.79. The molecule has 0 aliphatic carbocycles. The zero-order chi connectivity index (χ0) is 26.0. The van der Waals surface area contributed by atoms with Crippen molar-refractivity contribution < 1.29 is 8.42 Å². The topological polar surface area (TPSA) is 78.4 Å². The predicted octanol–water partition coefficient (Wildman–Crippen LogP) is 4.65. The zero-order valence-electron chi connectivity index (χ0n) is 22.0. The lowest BCUT2D eigenvalue weighted by atomic mass is 9.97. The minimum absolute atomic E-state index is 0.0224. The average Bonchev–Trinajstić information content (AvgIpc) is 3.46. The molecular weight excluding hydrogens is 482 g/mol. The van der Waals surface area contributed by atoms with Crippen LogP contribution in [0.25, 0.3) is 0 Å². The molecule has 37 heavy (non-hydrogen) atoms. The van der Waals surface area contributed by atoms with Crippen molar-refractivity contribution >= 4 is 21.7 Å². The monoisotopic (exact) mass is 519 g/mol. The van der Waals surface area contributed by atoms with Crippen LogP contribution in [-0.2, 0) is 23.0 Å². The molecule has 2 aliphatic heterocycles. The first-order valence-electron chi connectivity index (χ1n) is 13.2. The third-order valence-corrected chi connectivity index (χ3v) is 8.91. The van der Waals surface area contributed by atoms with Gasteiger partial charge in [0.2, 0.25) is 0 Å². The summed E-state index contributed by atoms with van der Waals surface area (Å²) < 4.78 is 29.3. The summed E-state index contributed by atoms with van der Waals surface area (Å²) >= 11 is 0. The van der Waals surface area contributed by atoms with Crippen LogP contribution in [-0.4, -0.2) is 43.6 Å². The van der Waals surface area contributed by atoms with Crippen LogP contribution in [0.2, 0.25) is 0 Å². The van der Waals surface area contributed by atoms with Gasteiger partial charge in [-0.05, 0) is 68.7 Å². The summed E-state index contributed by atoms with van der Waals surface area (Å²) in [5, 5.41) is 0.0528. The molecule has 1 N–H and O–H groups in total. The standard InChI is InChI=1S/C29H37N5O2S/c1-22-18-29(2,3)34(20-22)28-25(11-8-15-30-28)19-31-37(35,36)27-13-7-12-26(32-27)33-16-14-24(21-33)17-23-9-5-4-6-10-23/h4-13,15,22,24,31H,14,16-21H2,1-3H3. The molecule has 0 bridgehead atoms. The van der Waals surface area contributed by atoms with Gasteiger partial charge in [-0.25, -0.2) is 23.1 Å². The highest BCUT2D eigenvalue weighted by atomic mass is 32.2. The fourth-order valence-corrected chi connectivity index (χ4v) is 6.87. The molecule has 1 aromatic carbocycles. The quantitative estimate of drug-likeness (QED) is 0.467. The van der Waals surface area contributed by atoms with Gasteiger partial charge in [-0.3, -0.25) is 0 Å². The van der Waals surface area contributed by atoms with Gasteiger partial charge in [-0.1, -0.05) is 49.4 Å². The van der Waals surface area contributed by atoms with E-state index in [1.165, 1.54) is 5.56 Å². The van der Waals surface area contributed by atoms with E-state index >= 15 is 0 Å². The predicted molar refractivity (Wildman–Crippen MR) is 148 cm³/mol. The van der Waals surface area contributed by atoms with Gasteiger partial charge in [0.25, 0.3) is 10.0 Å². The van der Waals surface area contributed by atoms with Gasteiger partial charge in [-0.2, -0.15) is 0 Å². The van der Waals surface area contributed by atoms with Crippen molar-refractivity contribution in [2.75, 3.05) is 29.4 Å². The summed E-state index contributed by atoms with van der Waals surface area (Å²) in [5.41, 5.74) is 2.18. The van der Waals surface area contributed by atoms with Crippen molar-refractivity contribution in [2.45, 2.75) is 57.1 Å². The Bertz CT molecular complexity index is 1330. The number of hydrogen-bond acceptors (Lipinski definition) is 6. The van der Waals surface area contributed by atoms with E-state index in [9.17, 15) is 8.42 Å². The van der Waals surface area contributed by atoms with Crippen LogP contribution in [0.5, 0.6) is 0 Å². The second-order valence-corrected chi connectivity index (χ2v) is 12.9. The van der Waals surface area contributed by atoms with E-state index in [0.29, 0.717) is 17.7 Å². The second-order valence-electron chi connectivity index (χ2n) is 11.2. The first kappa shape index (κ1) is 25.7. The molecule has 5 rings (SSSR count). The molecule has 2 unspecified atom stereocenters. The number of aromatic nitrogens is 2. The Morgan fingerprint density at radius 1 is 1.03 bits per heavy atom. The molecule has 4 heterocycles. The molecule has 0 amide bonds. The maximum atomic E-state index is 13.3. The van der Waals surface area contributed by atoms with E-state index in [0.717, 1.165) is 50.3 Å². The third kappa shape index (κ3) is 5.80. The first-order valence-corrected chi connectivity index (χ1v) is 14.7. The van der Waals surface area contributed by atoms with Crippen LogP contribution in [0, 0.1) is 11.8 Å². The SMILES string of the molecule is CC1CN(c2ncccc2CNS(=O)(=O)c2cccc(N3CCC(Cc4ccccc4)C3)n2)C(C)(C)C1. The van der Waals surface area contributed by atoms with Crippen LogP contribution >= 0.6 is 0 Å². The average molecular weight is 520 g/mol. The minimum Gasteiger partial charge on any atom is -0.356 e. The van der Waals surface area contributed by atoms with E-state index in [1.54, 1.807) is 18.3 Å². The number of nitrogens with zero attached hydrogens (tertiary/aromatic N) is 4. The number of benzene rings is 1. The molecule has 196 valence electrons. The number of nitrogens with one attached hydrogen (secondary N) is 1. The van der Waals surface area contributed by atoms with Crippen molar-refractivity contribution in [1.29, 1.82) is 0 Å². The molecule has 2 aromatic heterocycles. The Morgan fingerprint density at radius 3 is 2.59 bits per heavy atom. The smallest absolute Gasteiger partial charge is 0.258 e. The summed E-state index contributed by atoms with van der Waals surface area (Å²) in [6.07, 6.45) is 4.95. The lowest BCUT2D eigenvalue weighted by molar-refractivity contribution is 0.485. The summed E-state index contributed by atoms with van der Waals surface area (Å²) in [4.78, 5) is 13.7. The molecular formula is C29H37N5O2S. The maximum Gasteiger partial charge on any atom is 0.258 e. The molecule has 2 atom stereocenters. The van der Waals surface area contributed by atoms with Crippen LogP contribution in [0.1, 0.15) is 44.7 Å². The molecule has 2 fully saturated rings. The highest BCUT2D eigenvalue weighted by molar-refractivity contribution is 7.89. The first-order chi connectivity index (χ1) is 17.7. The number of pyridine rings is 2. The van der Waals surface area contributed by atoms with E-state index in [1.807, 2.05) is 24.3 Å². The fraction of sp³-hybridized carbons (Fsp3) is 0.448. The Hall–Kier alpha value is -2.97. The molecule has 2 saturated heterocycles. The van der Waals surface area contributed by atoms with Gasteiger partial charge in [0.1, 0.15) is 11.6 Å². The van der Waals surface area contributed by atoms with E-state index < -0.39 is 10.0 Å². The van der Waals surface area contributed by atoms with Crippen molar-refractivity contribution in [3.8, 4) is 0 Å². The van der Waals surface area contributed by atoms with Crippen molar-refractivity contribution in [3.05, 3.63) is 78.0 Å². The van der Waals surface area contributed by atoms with Gasteiger partial charge >= 0.3 is 0 Å². The van der Waals surface area contributed by atoms with Crippen LogP contribution in [0.15, 0.2) is 71.9 Å². The number of anilines is 2. The molecule has 0 saturated carbocycles. The van der Waals surface area contributed by atoms with Crippen molar-refractivity contribution in [1.82, 2.24) is 14.7 Å². The fourth-order valence-electron chi connectivity index (χ4n) is 5.90. The van der Waals surface area contributed by atoms with Gasteiger partial charge in [0.15, 0.2) is 5.03 Å². The summed E-state index contributed by atoms with van der Waals surface area (Å²) in [6.45, 7) is 9.52. The number of sulfonamides is 1. The van der Waals surface area contributed by atoms with Crippen LogP contribution in [0.4, 0.5) is 11.6 Å². The van der Waals surface area contributed by atoms with Crippen LogP contribution in [0.3, 0.4) is 0 Å². The zero-order valence-corrected chi connectivity index (χ0v) is 22.8.